The molecule has 0 amide bonds. The van der Waals surface area contributed by atoms with Crippen molar-refractivity contribution in [1.82, 2.24) is 0 Å². The van der Waals surface area contributed by atoms with E-state index in [9.17, 15) is 5.11 Å². The van der Waals surface area contributed by atoms with Gasteiger partial charge in [-0.2, -0.15) is 0 Å². The number of rotatable bonds is 4. The molecule has 1 aliphatic heterocycles. The van der Waals surface area contributed by atoms with Gasteiger partial charge in [0.25, 0.3) is 0 Å². The summed E-state index contributed by atoms with van der Waals surface area (Å²) in [6, 6.07) is 14.5. The normalized spacial score (nSPS) is 18.3. The summed E-state index contributed by atoms with van der Waals surface area (Å²) in [5.41, 5.74) is 3.41. The molecule has 2 nitrogen and oxygen atoms in total. The van der Waals surface area contributed by atoms with E-state index in [0.717, 1.165) is 22.6 Å². The Morgan fingerprint density at radius 3 is 2.86 bits per heavy atom. The number of hydrogen-bond donors (Lipinski definition) is 1. The first-order chi connectivity index (χ1) is 10.1. The molecule has 0 saturated heterocycles. The first kappa shape index (κ1) is 14.5. The van der Waals surface area contributed by atoms with Crippen LogP contribution < -0.4 is 4.74 Å². The summed E-state index contributed by atoms with van der Waals surface area (Å²) < 4.78 is 6.02. The molecule has 1 unspecified atom stereocenters. The van der Waals surface area contributed by atoms with E-state index in [-0.39, 0.29) is 0 Å². The zero-order valence-corrected chi connectivity index (χ0v) is 13.2. The van der Waals surface area contributed by atoms with Gasteiger partial charge in [0.05, 0.1) is 12.7 Å². The maximum atomic E-state index is 9.61. The quantitative estimate of drug-likeness (QED) is 0.912. The molecule has 110 valence electrons. The SMILES string of the molecule is Cc1cc([C@@H](C)O)ccc1OCC1CSc2ccccc21. The van der Waals surface area contributed by atoms with Crippen LogP contribution in [0.5, 0.6) is 5.75 Å². The van der Waals surface area contributed by atoms with Crippen LogP contribution in [0.3, 0.4) is 0 Å². The highest BCUT2D eigenvalue weighted by molar-refractivity contribution is 7.99. The predicted molar refractivity (Wildman–Crippen MR) is 87.2 cm³/mol. The summed E-state index contributed by atoms with van der Waals surface area (Å²) in [4.78, 5) is 1.38. The van der Waals surface area contributed by atoms with E-state index in [2.05, 4.69) is 24.3 Å². The van der Waals surface area contributed by atoms with Crippen LogP contribution in [0, 0.1) is 6.92 Å². The predicted octanol–water partition coefficient (Wildman–Crippen LogP) is 4.32. The maximum absolute atomic E-state index is 9.61. The van der Waals surface area contributed by atoms with Crippen LogP contribution in [0.4, 0.5) is 0 Å². The van der Waals surface area contributed by atoms with Gasteiger partial charge in [-0.3, -0.25) is 0 Å². The highest BCUT2D eigenvalue weighted by Crippen LogP contribution is 2.39. The molecule has 0 aromatic heterocycles. The van der Waals surface area contributed by atoms with Crippen molar-refractivity contribution in [3.63, 3.8) is 0 Å². The summed E-state index contributed by atoms with van der Waals surface area (Å²) in [6.07, 6.45) is -0.434. The molecule has 21 heavy (non-hydrogen) atoms. The Bertz CT molecular complexity index is 637. The standard InChI is InChI=1S/C18H20O2S/c1-12-9-14(13(2)19)7-8-17(12)20-10-15-11-21-18-6-4-3-5-16(15)18/h3-9,13,15,19H,10-11H2,1-2H3/t13-,15?/m1/s1. The van der Waals surface area contributed by atoms with E-state index < -0.39 is 6.10 Å². The Hall–Kier alpha value is -1.45. The molecule has 0 bridgehead atoms. The molecular formula is C18H20O2S. The molecular weight excluding hydrogens is 280 g/mol. The van der Waals surface area contributed by atoms with E-state index in [0.29, 0.717) is 12.5 Å². The summed E-state index contributed by atoms with van der Waals surface area (Å²) in [5.74, 6) is 2.46. The molecule has 0 aliphatic carbocycles. The molecule has 2 aromatic rings. The first-order valence-electron chi connectivity index (χ1n) is 7.28. The molecule has 1 aliphatic rings. The van der Waals surface area contributed by atoms with Crippen molar-refractivity contribution < 1.29 is 9.84 Å². The van der Waals surface area contributed by atoms with Crippen molar-refractivity contribution in [3.8, 4) is 5.75 Å². The van der Waals surface area contributed by atoms with Crippen LogP contribution in [0.15, 0.2) is 47.4 Å². The first-order valence-corrected chi connectivity index (χ1v) is 8.27. The van der Waals surface area contributed by atoms with Crippen molar-refractivity contribution in [1.29, 1.82) is 0 Å². The minimum Gasteiger partial charge on any atom is -0.493 e. The highest BCUT2D eigenvalue weighted by atomic mass is 32.2. The monoisotopic (exact) mass is 300 g/mol. The zero-order valence-electron chi connectivity index (χ0n) is 12.4. The Morgan fingerprint density at radius 1 is 1.29 bits per heavy atom. The molecule has 0 radical (unpaired) electrons. The third-order valence-corrected chi connectivity index (χ3v) is 5.17. The number of benzene rings is 2. The summed E-state index contributed by atoms with van der Waals surface area (Å²) >= 11 is 1.91. The topological polar surface area (TPSA) is 29.5 Å². The van der Waals surface area contributed by atoms with Crippen LogP contribution in [0.1, 0.15) is 35.6 Å². The van der Waals surface area contributed by atoms with Gasteiger partial charge in [-0.15, -0.1) is 11.8 Å². The Morgan fingerprint density at radius 2 is 2.10 bits per heavy atom. The minimum absolute atomic E-state index is 0.434. The fraction of sp³-hybridized carbons (Fsp3) is 0.333. The van der Waals surface area contributed by atoms with Crippen molar-refractivity contribution in [2.24, 2.45) is 0 Å². The number of hydrogen-bond acceptors (Lipinski definition) is 3. The third-order valence-electron chi connectivity index (χ3n) is 3.92. The number of thioether (sulfide) groups is 1. The summed E-state index contributed by atoms with van der Waals surface area (Å²) in [7, 11) is 0. The van der Waals surface area contributed by atoms with Gasteiger partial charge in [-0.05, 0) is 48.7 Å². The van der Waals surface area contributed by atoms with Gasteiger partial charge in [-0.25, -0.2) is 0 Å². The lowest BCUT2D eigenvalue weighted by molar-refractivity contribution is 0.199. The minimum atomic E-state index is -0.434. The molecule has 2 aromatic carbocycles. The van der Waals surface area contributed by atoms with Gasteiger partial charge in [0.1, 0.15) is 5.75 Å². The largest absolute Gasteiger partial charge is 0.493 e. The number of aliphatic hydroxyl groups is 1. The number of fused-ring (bicyclic) bond motifs is 1. The lowest BCUT2D eigenvalue weighted by atomic mass is 10.0. The average molecular weight is 300 g/mol. The highest BCUT2D eigenvalue weighted by Gasteiger charge is 2.23. The van der Waals surface area contributed by atoms with E-state index in [1.165, 1.54) is 10.5 Å². The molecule has 3 rings (SSSR count). The zero-order chi connectivity index (χ0) is 14.8. The van der Waals surface area contributed by atoms with Gasteiger partial charge in [0.15, 0.2) is 0 Å². The van der Waals surface area contributed by atoms with E-state index >= 15 is 0 Å². The van der Waals surface area contributed by atoms with Gasteiger partial charge >= 0.3 is 0 Å². The maximum Gasteiger partial charge on any atom is 0.122 e. The smallest absolute Gasteiger partial charge is 0.122 e. The van der Waals surface area contributed by atoms with Crippen molar-refractivity contribution in [2.45, 2.75) is 30.8 Å². The lowest BCUT2D eigenvalue weighted by Gasteiger charge is -2.15. The van der Waals surface area contributed by atoms with E-state index in [4.69, 9.17) is 4.74 Å². The number of aliphatic hydroxyl groups excluding tert-OH is 1. The van der Waals surface area contributed by atoms with Crippen molar-refractivity contribution in [3.05, 3.63) is 59.2 Å². The molecule has 0 saturated carbocycles. The van der Waals surface area contributed by atoms with Crippen molar-refractivity contribution >= 4 is 11.8 Å². The average Bonchev–Trinajstić information content (AvgIpc) is 2.89. The van der Waals surface area contributed by atoms with Crippen LogP contribution in [0.2, 0.25) is 0 Å². The molecule has 1 heterocycles. The fourth-order valence-electron chi connectivity index (χ4n) is 2.65. The van der Waals surface area contributed by atoms with Gasteiger partial charge in [0, 0.05) is 16.6 Å². The van der Waals surface area contributed by atoms with Crippen LogP contribution in [0.25, 0.3) is 0 Å². The Kier molecular flexibility index (Phi) is 4.22. The molecule has 0 fully saturated rings. The van der Waals surface area contributed by atoms with Gasteiger partial charge < -0.3 is 9.84 Å². The van der Waals surface area contributed by atoms with Crippen LogP contribution in [-0.4, -0.2) is 17.5 Å². The Labute approximate surface area is 130 Å². The second-order valence-corrected chi connectivity index (χ2v) is 6.62. The number of ether oxygens (including phenoxy) is 1. The second kappa shape index (κ2) is 6.12. The third kappa shape index (κ3) is 3.09. The molecule has 2 atom stereocenters. The fourth-order valence-corrected chi connectivity index (χ4v) is 3.88. The lowest BCUT2D eigenvalue weighted by Crippen LogP contribution is -2.10. The van der Waals surface area contributed by atoms with Gasteiger partial charge in [-0.1, -0.05) is 24.3 Å². The summed E-state index contributed by atoms with van der Waals surface area (Å²) in [5, 5.41) is 9.61. The molecule has 1 N–H and O–H groups in total. The van der Waals surface area contributed by atoms with E-state index in [1.807, 2.05) is 36.9 Å². The van der Waals surface area contributed by atoms with Crippen LogP contribution >= 0.6 is 11.8 Å². The molecule has 0 spiro atoms. The number of aryl methyl sites for hydroxylation is 1. The Balaban J connectivity index is 1.69. The van der Waals surface area contributed by atoms with Gasteiger partial charge in [0.2, 0.25) is 0 Å². The van der Waals surface area contributed by atoms with Crippen LogP contribution in [-0.2, 0) is 0 Å². The second-order valence-electron chi connectivity index (χ2n) is 5.56. The van der Waals surface area contributed by atoms with Crippen molar-refractivity contribution in [2.75, 3.05) is 12.4 Å². The molecule has 3 heteroatoms. The summed E-state index contributed by atoms with van der Waals surface area (Å²) in [6.45, 7) is 4.51. The van der Waals surface area contributed by atoms with E-state index in [1.54, 1.807) is 6.92 Å².